The number of thiocarbonyl (C=S) groups is 1. The highest BCUT2D eigenvalue weighted by Crippen LogP contribution is 2.22. The van der Waals surface area contributed by atoms with Crippen molar-refractivity contribution in [3.05, 3.63) is 96.6 Å². The molecule has 0 saturated carbocycles. The molecule has 0 aromatic heterocycles. The van der Waals surface area contributed by atoms with Gasteiger partial charge < -0.3 is 5.32 Å². The van der Waals surface area contributed by atoms with E-state index < -0.39 is 0 Å². The largest absolute Gasteiger partial charge is 0.332 e. The maximum absolute atomic E-state index is 12.4. The normalized spacial score (nSPS) is 11.5. The van der Waals surface area contributed by atoms with Gasteiger partial charge in [-0.3, -0.25) is 10.1 Å². The smallest absolute Gasteiger partial charge is 0.257 e. The topological polar surface area (TPSA) is 41.1 Å². The predicted octanol–water partition coefficient (Wildman–Crippen LogP) is 5.87. The summed E-state index contributed by atoms with van der Waals surface area (Å²) in [4.78, 5) is 12.4. The molecule has 0 aliphatic carbocycles. The van der Waals surface area contributed by atoms with Gasteiger partial charge >= 0.3 is 0 Å². The monoisotopic (exact) mass is 390 g/mol. The molecular weight excluding hydrogens is 364 g/mol. The van der Waals surface area contributed by atoms with Crippen LogP contribution in [-0.2, 0) is 5.41 Å². The van der Waals surface area contributed by atoms with Crippen LogP contribution in [0.5, 0.6) is 0 Å². The number of carbonyl (C=O) groups excluding carboxylic acids is 1. The fourth-order valence-electron chi connectivity index (χ4n) is 2.64. The number of anilines is 1. The molecule has 3 nitrogen and oxygen atoms in total. The highest BCUT2D eigenvalue weighted by Gasteiger charge is 2.14. The van der Waals surface area contributed by atoms with Gasteiger partial charge in [-0.2, -0.15) is 0 Å². The molecule has 0 spiro atoms. The Kier molecular flexibility index (Phi) is 7.07. The van der Waals surface area contributed by atoms with E-state index in [-0.39, 0.29) is 16.4 Å². The van der Waals surface area contributed by atoms with Gasteiger partial charge in [-0.1, -0.05) is 76.4 Å². The fraction of sp³-hybridized carbons (Fsp3) is 0.167. The van der Waals surface area contributed by atoms with Gasteiger partial charge in [0, 0.05) is 11.3 Å². The number of nitrogens with one attached hydrogen (secondary N) is 2. The molecule has 4 heteroatoms. The predicted molar refractivity (Wildman–Crippen MR) is 124 cm³/mol. The number of carbonyl (C=O) groups is 1. The minimum Gasteiger partial charge on any atom is -0.332 e. The summed E-state index contributed by atoms with van der Waals surface area (Å²) >= 11 is 5.29. The number of hydrogen-bond acceptors (Lipinski definition) is 2. The molecule has 0 unspecified atom stereocenters. The van der Waals surface area contributed by atoms with Crippen molar-refractivity contribution < 1.29 is 4.79 Å². The van der Waals surface area contributed by atoms with Crippen LogP contribution < -0.4 is 10.6 Å². The second kappa shape index (κ2) is 9.29. The molecule has 1 amide bonds. The first-order valence-corrected chi connectivity index (χ1v) is 9.44. The van der Waals surface area contributed by atoms with Crippen molar-refractivity contribution in [2.75, 3.05) is 5.32 Å². The highest BCUT2D eigenvalue weighted by atomic mass is 32.1. The van der Waals surface area contributed by atoms with Gasteiger partial charge in [-0.05, 0) is 58.6 Å². The molecule has 2 aromatic rings. The van der Waals surface area contributed by atoms with Gasteiger partial charge in [-0.25, -0.2) is 0 Å². The molecule has 2 N–H and O–H groups in total. The van der Waals surface area contributed by atoms with Crippen LogP contribution in [0.25, 0.3) is 5.57 Å². The third-order valence-electron chi connectivity index (χ3n) is 4.21. The first-order chi connectivity index (χ1) is 13.2. The van der Waals surface area contributed by atoms with Crippen LogP contribution >= 0.6 is 12.2 Å². The van der Waals surface area contributed by atoms with Crippen LogP contribution in [0.1, 0.15) is 42.3 Å². The Balaban J connectivity index is 2.06. The molecule has 0 atom stereocenters. The molecule has 0 saturated heterocycles. The van der Waals surface area contributed by atoms with Crippen molar-refractivity contribution in [1.82, 2.24) is 5.32 Å². The molecular formula is C24H26N2OS. The molecule has 0 radical (unpaired) electrons. The lowest BCUT2D eigenvalue weighted by Crippen LogP contribution is -2.34. The fourth-order valence-corrected chi connectivity index (χ4v) is 2.86. The van der Waals surface area contributed by atoms with Gasteiger partial charge in [0.2, 0.25) is 0 Å². The summed E-state index contributed by atoms with van der Waals surface area (Å²) in [7, 11) is 0. The van der Waals surface area contributed by atoms with Crippen LogP contribution in [0, 0.1) is 0 Å². The van der Waals surface area contributed by atoms with Gasteiger partial charge in [0.25, 0.3) is 5.91 Å². The van der Waals surface area contributed by atoms with Gasteiger partial charge in [0.15, 0.2) is 5.11 Å². The molecule has 0 bridgehead atoms. The van der Waals surface area contributed by atoms with E-state index in [2.05, 4.69) is 44.6 Å². The Morgan fingerprint density at radius 2 is 1.71 bits per heavy atom. The summed E-state index contributed by atoms with van der Waals surface area (Å²) in [5.41, 5.74) is 4.49. The lowest BCUT2D eigenvalue weighted by molar-refractivity contribution is 0.0977. The highest BCUT2D eigenvalue weighted by molar-refractivity contribution is 7.80. The van der Waals surface area contributed by atoms with E-state index in [4.69, 9.17) is 12.2 Å². The summed E-state index contributed by atoms with van der Waals surface area (Å²) in [6.45, 7) is 13.9. The van der Waals surface area contributed by atoms with E-state index >= 15 is 0 Å². The van der Waals surface area contributed by atoms with Gasteiger partial charge in [0.05, 0.1) is 0 Å². The summed E-state index contributed by atoms with van der Waals surface area (Å²) in [6.07, 6.45) is 5.36. The SMILES string of the molecule is C=C/C=C(\C=C)c1cccc(NC(=S)NC(=O)c2ccc(C(C)(C)C)cc2)c1. The Hall–Kier alpha value is -2.98. The zero-order chi connectivity index (χ0) is 20.7. The van der Waals surface area contributed by atoms with Gasteiger partial charge in [-0.15, -0.1) is 0 Å². The van der Waals surface area contributed by atoms with Crippen molar-refractivity contribution in [2.45, 2.75) is 26.2 Å². The molecule has 0 fully saturated rings. The van der Waals surface area contributed by atoms with Crippen molar-refractivity contribution in [3.8, 4) is 0 Å². The molecule has 144 valence electrons. The van der Waals surface area contributed by atoms with E-state index in [1.165, 1.54) is 5.56 Å². The van der Waals surface area contributed by atoms with Crippen LogP contribution in [0.15, 0.2) is 79.9 Å². The third-order valence-corrected chi connectivity index (χ3v) is 4.42. The summed E-state index contributed by atoms with van der Waals surface area (Å²) < 4.78 is 0. The van der Waals surface area contributed by atoms with E-state index in [0.717, 1.165) is 16.8 Å². The zero-order valence-corrected chi connectivity index (χ0v) is 17.4. The molecule has 28 heavy (non-hydrogen) atoms. The van der Waals surface area contributed by atoms with Crippen LogP contribution in [-0.4, -0.2) is 11.0 Å². The number of rotatable bonds is 5. The average Bonchev–Trinajstić information content (AvgIpc) is 2.65. The molecule has 2 aromatic carbocycles. The van der Waals surface area contributed by atoms with E-state index in [9.17, 15) is 4.79 Å². The van der Waals surface area contributed by atoms with E-state index in [1.807, 2.05) is 54.6 Å². The molecule has 0 heterocycles. The summed E-state index contributed by atoms with van der Waals surface area (Å²) in [6, 6.07) is 15.3. The first-order valence-electron chi connectivity index (χ1n) is 9.03. The van der Waals surface area contributed by atoms with Crippen LogP contribution in [0.2, 0.25) is 0 Å². The number of benzene rings is 2. The lowest BCUT2D eigenvalue weighted by Gasteiger charge is -2.19. The van der Waals surface area contributed by atoms with Crippen LogP contribution in [0.4, 0.5) is 5.69 Å². The summed E-state index contributed by atoms with van der Waals surface area (Å²) in [5.74, 6) is -0.243. The maximum atomic E-state index is 12.4. The Morgan fingerprint density at radius 1 is 1.04 bits per heavy atom. The minimum atomic E-state index is -0.243. The maximum Gasteiger partial charge on any atom is 0.257 e. The molecule has 0 aliphatic rings. The lowest BCUT2D eigenvalue weighted by atomic mass is 9.87. The quantitative estimate of drug-likeness (QED) is 0.496. The molecule has 2 rings (SSSR count). The Labute approximate surface area is 172 Å². The number of allylic oxidation sites excluding steroid dienone is 4. The summed E-state index contributed by atoms with van der Waals surface area (Å²) in [5, 5.41) is 6.02. The zero-order valence-electron chi connectivity index (χ0n) is 16.6. The van der Waals surface area contributed by atoms with Gasteiger partial charge in [0.1, 0.15) is 0 Å². The minimum absolute atomic E-state index is 0.0429. The molecule has 0 aliphatic heterocycles. The van der Waals surface area contributed by atoms with E-state index in [0.29, 0.717) is 5.56 Å². The average molecular weight is 391 g/mol. The Morgan fingerprint density at radius 3 is 2.29 bits per heavy atom. The van der Waals surface area contributed by atoms with Crippen molar-refractivity contribution in [2.24, 2.45) is 0 Å². The van der Waals surface area contributed by atoms with E-state index in [1.54, 1.807) is 12.2 Å². The van der Waals surface area contributed by atoms with Crippen molar-refractivity contribution >= 4 is 34.5 Å². The van der Waals surface area contributed by atoms with Crippen molar-refractivity contribution in [3.63, 3.8) is 0 Å². The van der Waals surface area contributed by atoms with Crippen molar-refractivity contribution in [1.29, 1.82) is 0 Å². The third kappa shape index (κ3) is 5.76. The number of amides is 1. The van der Waals surface area contributed by atoms with Crippen LogP contribution in [0.3, 0.4) is 0 Å². The standard InChI is InChI=1S/C24H26N2OS/c1-6-9-17(7-2)19-10-8-11-21(16-19)25-23(28)26-22(27)18-12-14-20(15-13-18)24(3,4)5/h6-16H,1-2H2,3-5H3,(H2,25,26,27,28)/b17-9+. The second-order valence-corrected chi connectivity index (χ2v) is 7.79. The first kappa shape index (κ1) is 21.3. The Bertz CT molecular complexity index is 918. The second-order valence-electron chi connectivity index (χ2n) is 7.38. The number of hydrogen-bond donors (Lipinski definition) is 2.